The minimum atomic E-state index is -0.330. The van der Waals surface area contributed by atoms with Crippen LogP contribution in [-0.2, 0) is 6.54 Å². The third-order valence-corrected chi connectivity index (χ3v) is 3.90. The topological polar surface area (TPSA) is 58.4 Å². The smallest absolute Gasteiger partial charge is 0.258 e. The number of hydrogen-bond acceptors (Lipinski definition) is 4. The Bertz CT molecular complexity index is 815. The molecule has 114 valence electrons. The minimum absolute atomic E-state index is 0.0357. The number of rotatable bonds is 3. The van der Waals surface area contributed by atoms with Crippen molar-refractivity contribution in [3.63, 3.8) is 0 Å². The van der Waals surface area contributed by atoms with Gasteiger partial charge in [0.15, 0.2) is 0 Å². The number of hydrogen-bond donors (Lipinski definition) is 1. The standard InChI is InChI=1S/C18H15N3O2/c22-18-14-7-1-2-8-15(14)20-17(16-9-3-4-10-19-16)21(18)12-13-6-5-11-23-13/h1-11,17,20H,12H2/t17-/m1/s1. The summed E-state index contributed by atoms with van der Waals surface area (Å²) in [4.78, 5) is 19.1. The number of amides is 1. The highest BCUT2D eigenvalue weighted by Crippen LogP contribution is 2.33. The van der Waals surface area contributed by atoms with Gasteiger partial charge >= 0.3 is 0 Å². The van der Waals surface area contributed by atoms with Crippen molar-refractivity contribution in [2.45, 2.75) is 12.7 Å². The van der Waals surface area contributed by atoms with E-state index in [-0.39, 0.29) is 12.1 Å². The Labute approximate surface area is 133 Å². The van der Waals surface area contributed by atoms with Crippen LogP contribution >= 0.6 is 0 Å². The first kappa shape index (κ1) is 13.6. The predicted molar refractivity (Wildman–Crippen MR) is 85.6 cm³/mol. The average Bonchev–Trinajstić information content (AvgIpc) is 3.11. The van der Waals surface area contributed by atoms with Gasteiger partial charge in [-0.2, -0.15) is 0 Å². The predicted octanol–water partition coefficient (Wildman–Crippen LogP) is 3.44. The molecule has 3 heterocycles. The van der Waals surface area contributed by atoms with Crippen molar-refractivity contribution in [3.8, 4) is 0 Å². The average molecular weight is 305 g/mol. The van der Waals surface area contributed by atoms with Crippen molar-refractivity contribution in [1.29, 1.82) is 0 Å². The van der Waals surface area contributed by atoms with Gasteiger partial charge in [-0.15, -0.1) is 0 Å². The summed E-state index contributed by atoms with van der Waals surface area (Å²) in [6.07, 6.45) is 3.01. The number of pyridine rings is 1. The molecule has 23 heavy (non-hydrogen) atoms. The van der Waals surface area contributed by atoms with Crippen LogP contribution in [0.15, 0.2) is 71.5 Å². The molecule has 0 unspecified atom stereocenters. The van der Waals surface area contributed by atoms with Crippen molar-refractivity contribution in [1.82, 2.24) is 9.88 Å². The molecule has 3 aromatic rings. The van der Waals surface area contributed by atoms with Crippen LogP contribution in [0.2, 0.25) is 0 Å². The van der Waals surface area contributed by atoms with E-state index in [4.69, 9.17) is 4.42 Å². The molecule has 0 spiro atoms. The summed E-state index contributed by atoms with van der Waals surface area (Å²) in [6.45, 7) is 0.383. The monoisotopic (exact) mass is 305 g/mol. The molecule has 1 atom stereocenters. The third-order valence-electron chi connectivity index (χ3n) is 3.90. The lowest BCUT2D eigenvalue weighted by Gasteiger charge is -2.37. The van der Waals surface area contributed by atoms with Crippen LogP contribution in [0.3, 0.4) is 0 Å². The molecule has 5 nitrogen and oxygen atoms in total. The second-order valence-corrected chi connectivity index (χ2v) is 5.36. The van der Waals surface area contributed by atoms with Gasteiger partial charge in [-0.1, -0.05) is 18.2 Å². The van der Waals surface area contributed by atoms with E-state index in [0.717, 1.165) is 17.1 Å². The van der Waals surface area contributed by atoms with Gasteiger partial charge in [-0.25, -0.2) is 0 Å². The molecule has 1 aliphatic heterocycles. The Morgan fingerprint density at radius 3 is 2.74 bits per heavy atom. The molecule has 1 aliphatic rings. The first-order chi connectivity index (χ1) is 11.3. The van der Waals surface area contributed by atoms with Crippen molar-refractivity contribution in [2.75, 3.05) is 5.32 Å². The Morgan fingerprint density at radius 1 is 1.09 bits per heavy atom. The van der Waals surface area contributed by atoms with E-state index in [1.54, 1.807) is 17.4 Å². The highest BCUT2D eigenvalue weighted by molar-refractivity contribution is 6.01. The molecule has 4 rings (SSSR count). The number of carbonyl (C=O) groups excluding carboxylic acids is 1. The van der Waals surface area contributed by atoms with E-state index in [1.807, 2.05) is 54.6 Å². The zero-order chi connectivity index (χ0) is 15.6. The summed E-state index contributed by atoms with van der Waals surface area (Å²) >= 11 is 0. The molecular formula is C18H15N3O2. The zero-order valence-corrected chi connectivity index (χ0v) is 12.3. The van der Waals surface area contributed by atoms with Gasteiger partial charge in [0.1, 0.15) is 11.9 Å². The molecule has 2 aromatic heterocycles. The number of anilines is 1. The number of fused-ring (bicyclic) bond motifs is 1. The largest absolute Gasteiger partial charge is 0.467 e. The fourth-order valence-electron chi connectivity index (χ4n) is 2.80. The van der Waals surface area contributed by atoms with Crippen molar-refractivity contribution < 1.29 is 9.21 Å². The summed E-state index contributed by atoms with van der Waals surface area (Å²) in [7, 11) is 0. The quantitative estimate of drug-likeness (QED) is 0.805. The Kier molecular flexibility index (Phi) is 3.31. The van der Waals surface area contributed by atoms with Gasteiger partial charge < -0.3 is 14.6 Å². The van der Waals surface area contributed by atoms with E-state index in [9.17, 15) is 4.79 Å². The molecule has 0 bridgehead atoms. The fraction of sp³-hybridized carbons (Fsp3) is 0.111. The number of carbonyl (C=O) groups is 1. The van der Waals surface area contributed by atoms with Crippen LogP contribution in [0.5, 0.6) is 0 Å². The van der Waals surface area contributed by atoms with Gasteiger partial charge in [0.05, 0.1) is 24.1 Å². The lowest BCUT2D eigenvalue weighted by molar-refractivity contribution is 0.0647. The first-order valence-corrected chi connectivity index (χ1v) is 7.43. The highest BCUT2D eigenvalue weighted by atomic mass is 16.3. The van der Waals surface area contributed by atoms with Crippen molar-refractivity contribution in [2.24, 2.45) is 0 Å². The van der Waals surface area contributed by atoms with E-state index in [2.05, 4.69) is 10.3 Å². The van der Waals surface area contributed by atoms with Gasteiger partial charge in [0, 0.05) is 11.9 Å². The van der Waals surface area contributed by atoms with Crippen LogP contribution in [0.1, 0.15) is 28.0 Å². The lowest BCUT2D eigenvalue weighted by Crippen LogP contribution is -2.42. The summed E-state index contributed by atoms with van der Waals surface area (Å²) in [6, 6.07) is 16.9. The van der Waals surface area contributed by atoms with Crippen LogP contribution < -0.4 is 5.32 Å². The molecule has 0 fully saturated rings. The van der Waals surface area contributed by atoms with E-state index in [0.29, 0.717) is 12.1 Å². The zero-order valence-electron chi connectivity index (χ0n) is 12.3. The maximum atomic E-state index is 12.9. The van der Waals surface area contributed by atoms with Crippen LogP contribution in [0.4, 0.5) is 5.69 Å². The SMILES string of the molecule is O=C1c2ccccc2N[C@@H](c2ccccn2)N1Cc1ccco1. The number of para-hydroxylation sites is 1. The molecule has 0 radical (unpaired) electrons. The molecule has 1 aromatic carbocycles. The number of nitrogens with one attached hydrogen (secondary N) is 1. The first-order valence-electron chi connectivity index (χ1n) is 7.43. The second kappa shape index (κ2) is 5.61. The molecule has 0 aliphatic carbocycles. The fourth-order valence-corrected chi connectivity index (χ4v) is 2.80. The molecule has 5 heteroatoms. The van der Waals surface area contributed by atoms with Crippen LogP contribution in [0, 0.1) is 0 Å². The van der Waals surface area contributed by atoms with Crippen LogP contribution in [-0.4, -0.2) is 15.8 Å². The normalized spacial score (nSPS) is 16.8. The van der Waals surface area contributed by atoms with Crippen molar-refractivity contribution in [3.05, 3.63) is 84.1 Å². The third kappa shape index (κ3) is 2.46. The van der Waals surface area contributed by atoms with Gasteiger partial charge in [-0.3, -0.25) is 9.78 Å². The van der Waals surface area contributed by atoms with Gasteiger partial charge in [0.2, 0.25) is 0 Å². The number of nitrogens with zero attached hydrogens (tertiary/aromatic N) is 2. The molecule has 0 saturated carbocycles. The molecule has 1 amide bonds. The van der Waals surface area contributed by atoms with E-state index < -0.39 is 0 Å². The maximum absolute atomic E-state index is 12.9. The van der Waals surface area contributed by atoms with E-state index in [1.165, 1.54) is 0 Å². The number of aromatic nitrogens is 1. The maximum Gasteiger partial charge on any atom is 0.258 e. The summed E-state index contributed by atoms with van der Waals surface area (Å²) in [5.74, 6) is 0.701. The lowest BCUT2D eigenvalue weighted by atomic mass is 10.1. The Balaban J connectivity index is 1.76. The highest BCUT2D eigenvalue weighted by Gasteiger charge is 2.33. The number of furan rings is 1. The molecule has 1 N–H and O–H groups in total. The number of benzene rings is 1. The summed E-state index contributed by atoms with van der Waals surface area (Å²) < 4.78 is 5.41. The van der Waals surface area contributed by atoms with E-state index >= 15 is 0 Å². The summed E-state index contributed by atoms with van der Waals surface area (Å²) in [5.41, 5.74) is 2.27. The van der Waals surface area contributed by atoms with Crippen LogP contribution in [0.25, 0.3) is 0 Å². The van der Waals surface area contributed by atoms with Gasteiger partial charge in [-0.05, 0) is 36.4 Å². The van der Waals surface area contributed by atoms with Crippen molar-refractivity contribution >= 4 is 11.6 Å². The molecule has 0 saturated heterocycles. The minimum Gasteiger partial charge on any atom is -0.467 e. The second-order valence-electron chi connectivity index (χ2n) is 5.36. The summed E-state index contributed by atoms with van der Waals surface area (Å²) in [5, 5.41) is 3.41. The Morgan fingerprint density at radius 2 is 1.96 bits per heavy atom. The van der Waals surface area contributed by atoms with Gasteiger partial charge in [0.25, 0.3) is 5.91 Å². The molecular weight excluding hydrogens is 290 g/mol. The Hall–Kier alpha value is -3.08.